The number of rotatable bonds is 1. The lowest BCUT2D eigenvalue weighted by Crippen LogP contribution is -3.00. The Morgan fingerprint density at radius 3 is 2.55 bits per heavy atom. The molecule has 0 aliphatic rings. The van der Waals surface area contributed by atoms with Crippen LogP contribution in [0.4, 0.5) is 0 Å². The number of nitrogens with one attached hydrogen (secondary N) is 1. The molecule has 1 aromatic heterocycles. The first-order valence-corrected chi connectivity index (χ1v) is 2.92. The third-order valence-corrected chi connectivity index (χ3v) is 1.20. The Balaban J connectivity index is 0.000001000. The summed E-state index contributed by atoms with van der Waals surface area (Å²) in [6.07, 6.45) is 1.66. The van der Waals surface area contributed by atoms with E-state index in [9.17, 15) is 4.79 Å². The summed E-state index contributed by atoms with van der Waals surface area (Å²) in [5.41, 5.74) is 1.23. The summed E-state index contributed by atoms with van der Waals surface area (Å²) >= 11 is 0. The predicted molar refractivity (Wildman–Crippen MR) is 34.7 cm³/mol. The maximum absolute atomic E-state index is 10.3. The Kier molecular flexibility index (Phi) is 3.74. The molecule has 0 aromatic carbocycles. The molecule has 1 aromatic rings. The number of carboxylic acids is 1. The number of carboxylic acid groups (broad SMARTS) is 1. The average molecular weight is 218 g/mol. The Hall–Kier alpha value is -0.900. The molecule has 0 amide bonds. The largest absolute Gasteiger partial charge is 1.00 e. The van der Waals surface area contributed by atoms with Crippen molar-refractivity contribution in [1.82, 2.24) is 0 Å². The highest BCUT2D eigenvalue weighted by molar-refractivity contribution is 5.83. The van der Waals surface area contributed by atoms with Crippen molar-refractivity contribution in [3.8, 4) is 0 Å². The van der Waals surface area contributed by atoms with Gasteiger partial charge in [0.2, 0.25) is 0 Å². The monoisotopic (exact) mass is 217 g/mol. The van der Waals surface area contributed by atoms with Gasteiger partial charge in [0.05, 0.1) is 0 Å². The van der Waals surface area contributed by atoms with Crippen LogP contribution in [0.25, 0.3) is 0 Å². The van der Waals surface area contributed by atoms with Gasteiger partial charge < -0.3 is 22.1 Å². The molecule has 0 aliphatic carbocycles. The fraction of sp³-hybridized carbons (Fsp3) is 0.143. The van der Waals surface area contributed by atoms with E-state index in [1.54, 1.807) is 12.3 Å². The number of hydrogen-bond acceptors (Lipinski definition) is 1. The number of aromatic nitrogens is 1. The van der Waals surface area contributed by atoms with Gasteiger partial charge in [-0.3, -0.25) is 0 Å². The van der Waals surface area contributed by atoms with Gasteiger partial charge in [-0.15, -0.1) is 0 Å². The second kappa shape index (κ2) is 4.08. The number of aromatic amines is 1. The number of hydrogen-bond donors (Lipinski definition) is 1. The van der Waals surface area contributed by atoms with Crippen LogP contribution in [0.2, 0.25) is 0 Å². The van der Waals surface area contributed by atoms with Gasteiger partial charge in [0.1, 0.15) is 0 Å². The standard InChI is InChI=1S/C7H7NO2.BrH/c1-5-2-3-6(7(9)10)8-4-5;/h2-4H,1H3,(H,9,10);1H. The van der Waals surface area contributed by atoms with Crippen LogP contribution in [0.15, 0.2) is 18.3 Å². The van der Waals surface area contributed by atoms with Crippen LogP contribution in [0.3, 0.4) is 0 Å². The zero-order chi connectivity index (χ0) is 7.56. The molecular weight excluding hydrogens is 210 g/mol. The number of aryl methyl sites for hydroxylation is 1. The van der Waals surface area contributed by atoms with E-state index in [1.165, 1.54) is 6.07 Å². The van der Waals surface area contributed by atoms with Gasteiger partial charge >= 0.3 is 5.97 Å². The van der Waals surface area contributed by atoms with Crippen molar-refractivity contribution in [3.63, 3.8) is 0 Å². The second-order valence-electron chi connectivity index (χ2n) is 2.08. The van der Waals surface area contributed by atoms with Crippen LogP contribution in [-0.4, -0.2) is 11.1 Å². The molecular formula is C7H8BrNO2. The molecule has 0 spiro atoms. The highest BCUT2D eigenvalue weighted by atomic mass is 79.9. The van der Waals surface area contributed by atoms with Gasteiger partial charge in [-0.2, -0.15) is 0 Å². The van der Waals surface area contributed by atoms with E-state index >= 15 is 0 Å². The summed E-state index contributed by atoms with van der Waals surface area (Å²) < 4.78 is 0. The quantitative estimate of drug-likeness (QED) is 0.567. The van der Waals surface area contributed by atoms with Crippen molar-refractivity contribution in [2.24, 2.45) is 0 Å². The number of H-pyrrole nitrogens is 1. The van der Waals surface area contributed by atoms with Crippen molar-refractivity contribution < 1.29 is 31.9 Å². The van der Waals surface area contributed by atoms with Crippen molar-refractivity contribution >= 4 is 5.97 Å². The van der Waals surface area contributed by atoms with Crippen molar-refractivity contribution in [2.45, 2.75) is 6.92 Å². The number of pyridine rings is 1. The van der Waals surface area contributed by atoms with E-state index in [-0.39, 0.29) is 22.7 Å². The summed E-state index contributed by atoms with van der Waals surface area (Å²) in [5.74, 6) is -0.931. The van der Waals surface area contributed by atoms with Crippen molar-refractivity contribution in [2.75, 3.05) is 0 Å². The number of halogens is 1. The molecule has 0 atom stereocenters. The molecule has 1 heterocycles. The third kappa shape index (κ3) is 2.67. The summed E-state index contributed by atoms with van der Waals surface area (Å²) in [4.78, 5) is 12.9. The molecule has 0 aliphatic heterocycles. The van der Waals surface area contributed by atoms with E-state index in [4.69, 9.17) is 5.11 Å². The molecule has 0 bridgehead atoms. The molecule has 0 saturated heterocycles. The van der Waals surface area contributed by atoms with Gasteiger partial charge in [0, 0.05) is 11.6 Å². The Bertz CT molecular complexity index is 245. The summed E-state index contributed by atoms with van der Waals surface area (Å²) in [6.45, 7) is 1.89. The van der Waals surface area contributed by atoms with Crippen molar-refractivity contribution in [1.29, 1.82) is 0 Å². The molecule has 0 saturated carbocycles. The molecule has 60 valence electrons. The predicted octanol–water partition coefficient (Wildman–Crippen LogP) is -2.49. The molecule has 3 nitrogen and oxygen atoms in total. The minimum Gasteiger partial charge on any atom is -1.00 e. The summed E-state index contributed by atoms with van der Waals surface area (Å²) in [5, 5.41) is 8.44. The molecule has 11 heavy (non-hydrogen) atoms. The van der Waals surface area contributed by atoms with Crippen LogP contribution in [-0.2, 0) is 0 Å². The smallest absolute Gasteiger partial charge is 0.401 e. The fourth-order valence-corrected chi connectivity index (χ4v) is 0.636. The SMILES string of the molecule is Cc1ccc(C(=O)O)[nH+]c1.[Br-]. The van der Waals surface area contributed by atoms with Gasteiger partial charge in [-0.05, 0) is 13.0 Å². The third-order valence-electron chi connectivity index (χ3n) is 1.20. The number of carbonyl (C=O) groups is 1. The first-order valence-electron chi connectivity index (χ1n) is 2.92. The minimum absolute atomic E-state index is 0. The lowest BCUT2D eigenvalue weighted by Gasteiger charge is -1.85. The average Bonchev–Trinajstić information content (AvgIpc) is 1.88. The maximum Gasteiger partial charge on any atom is 0.401 e. The van der Waals surface area contributed by atoms with Crippen LogP contribution < -0.4 is 22.0 Å². The van der Waals surface area contributed by atoms with Crippen LogP contribution in [0.1, 0.15) is 16.1 Å². The second-order valence-corrected chi connectivity index (χ2v) is 2.08. The maximum atomic E-state index is 10.3. The molecule has 4 heteroatoms. The molecule has 0 radical (unpaired) electrons. The normalized spacial score (nSPS) is 8.45. The fourth-order valence-electron chi connectivity index (χ4n) is 0.636. The zero-order valence-corrected chi connectivity index (χ0v) is 7.55. The summed E-state index contributed by atoms with van der Waals surface area (Å²) in [6, 6.07) is 3.29. The van der Waals surface area contributed by atoms with Crippen LogP contribution in [0.5, 0.6) is 0 Å². The molecule has 1 rings (SSSR count). The van der Waals surface area contributed by atoms with E-state index in [0.29, 0.717) is 0 Å². The van der Waals surface area contributed by atoms with Crippen LogP contribution >= 0.6 is 0 Å². The highest BCUT2D eigenvalue weighted by Crippen LogP contribution is 1.92. The lowest BCUT2D eigenvalue weighted by molar-refractivity contribution is -0.383. The van der Waals surface area contributed by atoms with Gasteiger partial charge in [-0.25, -0.2) is 9.78 Å². The number of aromatic carboxylic acids is 1. The van der Waals surface area contributed by atoms with Crippen molar-refractivity contribution in [3.05, 3.63) is 29.6 Å². The van der Waals surface area contributed by atoms with Gasteiger partial charge in [0.25, 0.3) is 5.69 Å². The van der Waals surface area contributed by atoms with Gasteiger partial charge in [-0.1, -0.05) is 0 Å². The highest BCUT2D eigenvalue weighted by Gasteiger charge is 2.08. The Morgan fingerprint density at radius 2 is 2.18 bits per heavy atom. The molecule has 0 unspecified atom stereocenters. The first kappa shape index (κ1) is 10.1. The minimum atomic E-state index is -0.931. The first-order chi connectivity index (χ1) is 4.70. The van der Waals surface area contributed by atoms with E-state index in [1.807, 2.05) is 6.92 Å². The summed E-state index contributed by atoms with van der Waals surface area (Å²) in [7, 11) is 0. The van der Waals surface area contributed by atoms with E-state index < -0.39 is 5.97 Å². The van der Waals surface area contributed by atoms with E-state index in [2.05, 4.69) is 4.98 Å². The lowest BCUT2D eigenvalue weighted by atomic mass is 10.3. The Labute approximate surface area is 74.8 Å². The van der Waals surface area contributed by atoms with Crippen LogP contribution in [0, 0.1) is 6.92 Å². The molecule has 0 fully saturated rings. The topological polar surface area (TPSA) is 51.4 Å². The van der Waals surface area contributed by atoms with Gasteiger partial charge in [0.15, 0.2) is 6.20 Å². The molecule has 2 N–H and O–H groups in total. The zero-order valence-electron chi connectivity index (χ0n) is 5.97. The van der Waals surface area contributed by atoms with E-state index in [0.717, 1.165) is 5.56 Å². The Morgan fingerprint density at radius 1 is 1.55 bits per heavy atom.